The Morgan fingerprint density at radius 1 is 1.60 bits per heavy atom. The number of hydrogen-bond acceptors (Lipinski definition) is 2. The monoisotopic (exact) mass is 208 g/mol. The molecule has 1 fully saturated rings. The molecule has 3 heteroatoms. The molecule has 0 aliphatic heterocycles. The molecule has 0 amide bonds. The molecule has 0 bridgehead atoms. The second-order valence-corrected chi connectivity index (χ2v) is 4.54. The molecule has 1 heterocycles. The van der Waals surface area contributed by atoms with Crippen LogP contribution in [0.1, 0.15) is 38.3 Å². The molecule has 1 aliphatic rings. The summed E-state index contributed by atoms with van der Waals surface area (Å²) in [6.45, 7) is 5.13. The van der Waals surface area contributed by atoms with E-state index in [1.54, 1.807) is 12.3 Å². The highest BCUT2D eigenvalue weighted by Gasteiger charge is 2.45. The molecule has 0 aromatic carbocycles. The van der Waals surface area contributed by atoms with Gasteiger partial charge in [0.05, 0.1) is 6.20 Å². The van der Waals surface area contributed by atoms with Gasteiger partial charge in [-0.3, -0.25) is 4.98 Å². The van der Waals surface area contributed by atoms with Gasteiger partial charge >= 0.3 is 0 Å². The molecule has 1 aromatic heterocycles. The average molecular weight is 208 g/mol. The molecule has 1 N–H and O–H groups in total. The molecule has 2 rings (SSSR count). The predicted octanol–water partition coefficient (Wildman–Crippen LogP) is 2.67. The third-order valence-electron chi connectivity index (χ3n) is 3.26. The van der Waals surface area contributed by atoms with Crippen molar-refractivity contribution < 1.29 is 4.39 Å². The first-order valence-electron chi connectivity index (χ1n) is 5.50. The van der Waals surface area contributed by atoms with Crippen LogP contribution in [0.5, 0.6) is 0 Å². The lowest BCUT2D eigenvalue weighted by atomic mass is 9.92. The van der Waals surface area contributed by atoms with E-state index in [1.807, 2.05) is 0 Å². The standard InChI is InChI=1S/C12H17FN2/c1-3-15-11(12(2)5-6-12)9-4-7-14-8-10(9)13/h4,7-8,11,15H,3,5-6H2,1-2H3. The number of rotatable bonds is 4. The Morgan fingerprint density at radius 2 is 2.33 bits per heavy atom. The predicted molar refractivity (Wildman–Crippen MR) is 58.0 cm³/mol. The fourth-order valence-corrected chi connectivity index (χ4v) is 2.04. The summed E-state index contributed by atoms with van der Waals surface area (Å²) in [5.41, 5.74) is 0.991. The van der Waals surface area contributed by atoms with E-state index in [1.165, 1.54) is 19.0 Å². The molecule has 1 atom stereocenters. The van der Waals surface area contributed by atoms with Crippen molar-refractivity contribution in [3.63, 3.8) is 0 Å². The third kappa shape index (κ3) is 2.02. The summed E-state index contributed by atoms with van der Waals surface area (Å²) >= 11 is 0. The average Bonchev–Trinajstić information content (AvgIpc) is 2.95. The first-order chi connectivity index (χ1) is 7.17. The summed E-state index contributed by atoms with van der Waals surface area (Å²) in [5.74, 6) is -0.198. The summed E-state index contributed by atoms with van der Waals surface area (Å²) in [5, 5.41) is 3.37. The van der Waals surface area contributed by atoms with Crippen LogP contribution < -0.4 is 5.32 Å². The van der Waals surface area contributed by atoms with Crippen LogP contribution in [0.4, 0.5) is 4.39 Å². The molecule has 0 saturated heterocycles. The van der Waals surface area contributed by atoms with E-state index in [4.69, 9.17) is 0 Å². The van der Waals surface area contributed by atoms with Gasteiger partial charge in [0.2, 0.25) is 0 Å². The lowest BCUT2D eigenvalue weighted by Gasteiger charge is -2.25. The molecular weight excluding hydrogens is 191 g/mol. The largest absolute Gasteiger partial charge is 0.310 e. The van der Waals surface area contributed by atoms with Crippen molar-refractivity contribution in [2.75, 3.05) is 6.54 Å². The maximum atomic E-state index is 13.6. The fraction of sp³-hybridized carbons (Fsp3) is 0.583. The minimum atomic E-state index is -0.198. The molecule has 1 saturated carbocycles. The van der Waals surface area contributed by atoms with E-state index in [0.717, 1.165) is 12.1 Å². The summed E-state index contributed by atoms with van der Waals surface area (Å²) in [6.07, 6.45) is 5.30. The van der Waals surface area contributed by atoms with Crippen molar-refractivity contribution in [3.8, 4) is 0 Å². The van der Waals surface area contributed by atoms with Crippen LogP contribution >= 0.6 is 0 Å². The number of nitrogens with zero attached hydrogens (tertiary/aromatic N) is 1. The molecule has 0 spiro atoms. The number of halogens is 1. The van der Waals surface area contributed by atoms with Crippen LogP contribution in [-0.2, 0) is 0 Å². The van der Waals surface area contributed by atoms with Gasteiger partial charge in [-0.25, -0.2) is 4.39 Å². The number of aromatic nitrogens is 1. The second-order valence-electron chi connectivity index (χ2n) is 4.54. The van der Waals surface area contributed by atoms with Gasteiger partial charge in [-0.2, -0.15) is 0 Å². The summed E-state index contributed by atoms with van der Waals surface area (Å²) in [7, 11) is 0. The van der Waals surface area contributed by atoms with Crippen molar-refractivity contribution >= 4 is 0 Å². The van der Waals surface area contributed by atoms with Crippen LogP contribution in [-0.4, -0.2) is 11.5 Å². The van der Waals surface area contributed by atoms with E-state index in [0.29, 0.717) is 0 Å². The van der Waals surface area contributed by atoms with E-state index < -0.39 is 0 Å². The summed E-state index contributed by atoms with van der Waals surface area (Å²) in [6, 6.07) is 1.91. The van der Waals surface area contributed by atoms with E-state index >= 15 is 0 Å². The quantitative estimate of drug-likeness (QED) is 0.822. The van der Waals surface area contributed by atoms with Crippen molar-refractivity contribution in [1.82, 2.24) is 10.3 Å². The van der Waals surface area contributed by atoms with E-state index in [9.17, 15) is 4.39 Å². The molecule has 2 nitrogen and oxygen atoms in total. The maximum Gasteiger partial charge on any atom is 0.146 e. The number of hydrogen-bond donors (Lipinski definition) is 1. The normalized spacial score (nSPS) is 19.9. The zero-order chi connectivity index (χ0) is 10.9. The van der Waals surface area contributed by atoms with Crippen LogP contribution in [0.25, 0.3) is 0 Å². The third-order valence-corrected chi connectivity index (χ3v) is 3.26. The Hall–Kier alpha value is -0.960. The summed E-state index contributed by atoms with van der Waals surface area (Å²) < 4.78 is 13.6. The Morgan fingerprint density at radius 3 is 2.87 bits per heavy atom. The molecule has 1 unspecified atom stereocenters. The minimum Gasteiger partial charge on any atom is -0.310 e. The van der Waals surface area contributed by atoms with Crippen molar-refractivity contribution in [1.29, 1.82) is 0 Å². The van der Waals surface area contributed by atoms with Crippen LogP contribution in [0.3, 0.4) is 0 Å². The summed E-state index contributed by atoms with van der Waals surface area (Å²) in [4.78, 5) is 3.79. The smallest absolute Gasteiger partial charge is 0.146 e. The molecule has 0 radical (unpaired) electrons. The van der Waals surface area contributed by atoms with Gasteiger partial charge in [-0.05, 0) is 30.9 Å². The Labute approximate surface area is 89.9 Å². The molecule has 82 valence electrons. The number of nitrogens with one attached hydrogen (secondary N) is 1. The molecule has 1 aliphatic carbocycles. The first-order valence-corrected chi connectivity index (χ1v) is 5.50. The van der Waals surface area contributed by atoms with Gasteiger partial charge in [0, 0.05) is 17.8 Å². The topological polar surface area (TPSA) is 24.9 Å². The minimum absolute atomic E-state index is 0.130. The van der Waals surface area contributed by atoms with Gasteiger partial charge in [0.1, 0.15) is 5.82 Å². The van der Waals surface area contributed by atoms with Gasteiger partial charge in [-0.15, -0.1) is 0 Å². The van der Waals surface area contributed by atoms with Crippen molar-refractivity contribution in [2.24, 2.45) is 5.41 Å². The zero-order valence-electron chi connectivity index (χ0n) is 9.26. The molecular formula is C12H17FN2. The second kappa shape index (κ2) is 3.89. The Balaban J connectivity index is 2.28. The number of pyridine rings is 1. The van der Waals surface area contributed by atoms with Crippen molar-refractivity contribution in [3.05, 3.63) is 29.8 Å². The lowest BCUT2D eigenvalue weighted by molar-refractivity contribution is 0.361. The highest BCUT2D eigenvalue weighted by atomic mass is 19.1. The van der Waals surface area contributed by atoms with Gasteiger partial charge in [-0.1, -0.05) is 13.8 Å². The fourth-order valence-electron chi connectivity index (χ4n) is 2.04. The van der Waals surface area contributed by atoms with Crippen molar-refractivity contribution in [2.45, 2.75) is 32.7 Å². The highest BCUT2D eigenvalue weighted by Crippen LogP contribution is 2.54. The first kappa shape index (κ1) is 10.6. The molecule has 15 heavy (non-hydrogen) atoms. The van der Waals surface area contributed by atoms with Crippen LogP contribution in [0.2, 0.25) is 0 Å². The maximum absolute atomic E-state index is 13.6. The zero-order valence-corrected chi connectivity index (χ0v) is 9.26. The Bertz CT molecular complexity index is 347. The van der Waals surface area contributed by atoms with E-state index in [2.05, 4.69) is 24.1 Å². The van der Waals surface area contributed by atoms with Gasteiger partial charge in [0.15, 0.2) is 0 Å². The van der Waals surface area contributed by atoms with Gasteiger partial charge in [0.25, 0.3) is 0 Å². The van der Waals surface area contributed by atoms with Crippen LogP contribution in [0.15, 0.2) is 18.5 Å². The van der Waals surface area contributed by atoms with E-state index in [-0.39, 0.29) is 17.3 Å². The Kier molecular flexibility index (Phi) is 2.74. The SMILES string of the molecule is CCNC(c1ccncc1F)C1(C)CC1. The van der Waals surface area contributed by atoms with Gasteiger partial charge < -0.3 is 5.32 Å². The highest BCUT2D eigenvalue weighted by molar-refractivity contribution is 5.22. The lowest BCUT2D eigenvalue weighted by Crippen LogP contribution is -2.28. The van der Waals surface area contributed by atoms with Crippen LogP contribution in [0, 0.1) is 11.2 Å². The molecule has 1 aromatic rings.